The second kappa shape index (κ2) is 11.8. The van der Waals surface area contributed by atoms with Crippen LogP contribution in [0.15, 0.2) is 30.6 Å². The molecule has 0 bridgehead atoms. The van der Waals surface area contributed by atoms with E-state index < -0.39 is 22.3 Å². The Morgan fingerprint density at radius 1 is 1.17 bits per heavy atom. The molecule has 3 amide bonds. The molecule has 1 aromatic carbocycles. The molecule has 14 nitrogen and oxygen atoms in total. The Kier molecular flexibility index (Phi) is 8.32. The van der Waals surface area contributed by atoms with Gasteiger partial charge in [0.25, 0.3) is 5.91 Å². The molecule has 1 unspecified atom stereocenters. The quantitative estimate of drug-likeness (QED) is 0.270. The fraction of sp³-hybridized carbons (Fsp3) is 0.423. The summed E-state index contributed by atoms with van der Waals surface area (Å²) in [5, 5.41) is 14.4. The third-order valence-electron chi connectivity index (χ3n) is 7.42. The molecule has 3 aromatic rings. The molecule has 2 aromatic heterocycles. The smallest absolute Gasteiger partial charge is 0.412 e. The Hall–Kier alpha value is -3.86. The average molecular weight is 617 g/mol. The summed E-state index contributed by atoms with van der Waals surface area (Å²) in [7, 11) is 0.646. The monoisotopic (exact) mass is 616 g/mol. The minimum absolute atomic E-state index is 0.0413. The molecule has 4 heterocycles. The summed E-state index contributed by atoms with van der Waals surface area (Å²) >= 11 is 1.35. The van der Waals surface area contributed by atoms with Gasteiger partial charge in [-0.2, -0.15) is 12.7 Å². The number of carbonyl (C=O) groups is 3. The highest BCUT2D eigenvalue weighted by molar-refractivity contribution is 7.87. The van der Waals surface area contributed by atoms with Crippen molar-refractivity contribution in [2.45, 2.75) is 25.4 Å². The maximum absolute atomic E-state index is 13.7. The molecule has 16 heteroatoms. The van der Waals surface area contributed by atoms with Gasteiger partial charge in [0.1, 0.15) is 5.84 Å². The van der Waals surface area contributed by atoms with Crippen LogP contribution < -0.4 is 10.6 Å². The van der Waals surface area contributed by atoms with Gasteiger partial charge >= 0.3 is 16.3 Å². The van der Waals surface area contributed by atoms with Crippen molar-refractivity contribution in [3.05, 3.63) is 51.7 Å². The van der Waals surface area contributed by atoms with E-state index in [2.05, 4.69) is 25.3 Å². The summed E-state index contributed by atoms with van der Waals surface area (Å²) in [6, 6.07) is 4.15. The number of ether oxygens (including phenoxy) is 1. The summed E-state index contributed by atoms with van der Waals surface area (Å²) in [6.07, 6.45) is 2.81. The third kappa shape index (κ3) is 5.88. The van der Waals surface area contributed by atoms with E-state index in [0.717, 1.165) is 34.1 Å². The highest BCUT2D eigenvalue weighted by atomic mass is 32.2. The van der Waals surface area contributed by atoms with Crippen molar-refractivity contribution in [1.82, 2.24) is 33.7 Å². The van der Waals surface area contributed by atoms with Gasteiger partial charge < -0.3 is 19.9 Å². The topological polar surface area (TPSA) is 170 Å². The molecule has 42 heavy (non-hydrogen) atoms. The van der Waals surface area contributed by atoms with Crippen molar-refractivity contribution in [3.63, 3.8) is 0 Å². The van der Waals surface area contributed by atoms with Gasteiger partial charge in [0, 0.05) is 86.2 Å². The zero-order valence-corrected chi connectivity index (χ0v) is 25.0. The fourth-order valence-corrected chi connectivity index (χ4v) is 7.67. The van der Waals surface area contributed by atoms with Crippen molar-refractivity contribution < 1.29 is 27.5 Å². The molecule has 2 aliphatic heterocycles. The van der Waals surface area contributed by atoms with E-state index in [1.165, 1.54) is 42.2 Å². The highest BCUT2D eigenvalue weighted by Gasteiger charge is 2.38. The number of alkyl carbamates (subject to hydrolysis) is 1. The minimum atomic E-state index is -4.06. The number of thiazole rings is 1. The second-order valence-electron chi connectivity index (χ2n) is 10.2. The summed E-state index contributed by atoms with van der Waals surface area (Å²) in [5.74, 6) is -0.796. The zero-order chi connectivity index (χ0) is 30.2. The number of amides is 3. The largest absolute Gasteiger partial charge is 0.453 e. The molecule has 0 saturated carbocycles. The van der Waals surface area contributed by atoms with Gasteiger partial charge in [0.2, 0.25) is 5.91 Å². The van der Waals surface area contributed by atoms with Crippen molar-refractivity contribution in [2.24, 2.45) is 0 Å². The maximum Gasteiger partial charge on any atom is 0.412 e. The molecule has 2 aliphatic rings. The van der Waals surface area contributed by atoms with Crippen LogP contribution in [0.2, 0.25) is 0 Å². The lowest BCUT2D eigenvalue weighted by atomic mass is 10.1. The number of piperazine rings is 1. The van der Waals surface area contributed by atoms with E-state index >= 15 is 0 Å². The number of amidine groups is 1. The Bertz CT molecular complexity index is 1670. The van der Waals surface area contributed by atoms with Gasteiger partial charge in [-0.25, -0.2) is 13.8 Å². The molecular formula is C26H32N8O6S2. The van der Waals surface area contributed by atoms with Crippen LogP contribution >= 0.6 is 11.3 Å². The lowest BCUT2D eigenvalue weighted by molar-refractivity contribution is -0.121. The predicted octanol–water partition coefficient (Wildman–Crippen LogP) is 0.823. The lowest BCUT2D eigenvalue weighted by Gasteiger charge is -2.40. The van der Waals surface area contributed by atoms with E-state index in [1.54, 1.807) is 23.1 Å². The Morgan fingerprint density at radius 3 is 2.67 bits per heavy atom. The van der Waals surface area contributed by atoms with Crippen molar-refractivity contribution in [3.8, 4) is 0 Å². The summed E-state index contributed by atoms with van der Waals surface area (Å²) in [6.45, 7) is 1.67. The van der Waals surface area contributed by atoms with Crippen molar-refractivity contribution >= 4 is 56.1 Å². The van der Waals surface area contributed by atoms with Crippen LogP contribution in [0.3, 0.4) is 0 Å². The Balaban J connectivity index is 1.37. The molecule has 5 rings (SSSR count). The molecule has 1 atom stereocenters. The van der Waals surface area contributed by atoms with Crippen LogP contribution in [0.4, 0.5) is 4.79 Å². The highest BCUT2D eigenvalue weighted by Crippen LogP contribution is 2.28. The second-order valence-corrected chi connectivity index (χ2v) is 13.1. The zero-order valence-electron chi connectivity index (χ0n) is 23.4. The van der Waals surface area contributed by atoms with Gasteiger partial charge in [-0.15, -0.1) is 11.3 Å². The molecule has 0 spiro atoms. The number of likely N-dealkylation sites (N-methyl/N-ethyl adjacent to an activating group) is 1. The molecule has 0 radical (unpaired) electrons. The van der Waals surface area contributed by atoms with Gasteiger partial charge in [-0.3, -0.25) is 20.3 Å². The van der Waals surface area contributed by atoms with Crippen LogP contribution in [-0.4, -0.2) is 109 Å². The number of rotatable bonds is 6. The van der Waals surface area contributed by atoms with E-state index in [1.807, 2.05) is 7.05 Å². The molecule has 1 saturated heterocycles. The first-order valence-electron chi connectivity index (χ1n) is 13.2. The first-order valence-corrected chi connectivity index (χ1v) is 15.5. The molecule has 0 aliphatic carbocycles. The number of carbonyl (C=O) groups excluding carboxylic acids is 3. The first-order chi connectivity index (χ1) is 20.0. The van der Waals surface area contributed by atoms with Gasteiger partial charge in [-0.1, -0.05) is 12.1 Å². The lowest BCUT2D eigenvalue weighted by Crippen LogP contribution is -2.58. The predicted molar refractivity (Wildman–Crippen MR) is 156 cm³/mol. The van der Waals surface area contributed by atoms with Crippen molar-refractivity contribution in [2.75, 3.05) is 47.4 Å². The number of aromatic nitrogens is 2. The van der Waals surface area contributed by atoms with E-state index in [-0.39, 0.29) is 43.7 Å². The summed E-state index contributed by atoms with van der Waals surface area (Å²) < 4.78 is 34.3. The SMILES string of the molecule is CNC(=O)CC1CN(S(=O)(=O)n2cc3ccc(C(=N)NC(=O)OC)cc3c2)CCN1C(=O)c1nc2c(s1)CN(C)CC2. The van der Waals surface area contributed by atoms with Gasteiger partial charge in [0.05, 0.1) is 18.8 Å². The number of hydrogen-bond acceptors (Lipinski definition) is 10. The van der Waals surface area contributed by atoms with E-state index in [4.69, 9.17) is 5.41 Å². The standard InChI is InChI=1S/C26H32N8O6S2/c1-28-22(35)11-19-14-32(8-9-34(19)25(36)24-29-20-6-7-31(2)15-21(20)41-24)42(38,39)33-12-17-5-4-16(10-18(17)13-33)23(27)30-26(37)40-3/h4-5,10,12-13,19H,6-9,11,14-15H2,1-3H3,(H,28,35)(H2,27,30,37). The summed E-state index contributed by atoms with van der Waals surface area (Å²) in [4.78, 5) is 46.8. The normalized spacial score (nSPS) is 18.0. The van der Waals surface area contributed by atoms with E-state index in [0.29, 0.717) is 21.3 Å². The minimum Gasteiger partial charge on any atom is -0.453 e. The van der Waals surface area contributed by atoms with Crippen LogP contribution in [0, 0.1) is 5.41 Å². The van der Waals surface area contributed by atoms with Crippen LogP contribution in [-0.2, 0) is 32.7 Å². The van der Waals surface area contributed by atoms with Gasteiger partial charge in [0.15, 0.2) is 5.01 Å². The van der Waals surface area contributed by atoms with Crippen LogP contribution in [0.5, 0.6) is 0 Å². The van der Waals surface area contributed by atoms with Gasteiger partial charge in [-0.05, 0) is 13.1 Å². The fourth-order valence-electron chi connectivity index (χ4n) is 5.09. The molecular weight excluding hydrogens is 584 g/mol. The number of nitrogens with one attached hydrogen (secondary N) is 3. The molecule has 1 fully saturated rings. The van der Waals surface area contributed by atoms with Crippen LogP contribution in [0.25, 0.3) is 10.8 Å². The maximum atomic E-state index is 13.7. The number of fused-ring (bicyclic) bond motifs is 2. The number of benzene rings is 1. The van der Waals surface area contributed by atoms with Crippen molar-refractivity contribution in [1.29, 1.82) is 5.41 Å². The average Bonchev–Trinajstić information content (AvgIpc) is 3.60. The van der Waals surface area contributed by atoms with Crippen LogP contribution in [0.1, 0.15) is 32.4 Å². The number of nitrogens with zero attached hydrogens (tertiary/aromatic N) is 5. The third-order valence-corrected chi connectivity index (χ3v) is 10.2. The first kappa shape index (κ1) is 29.6. The molecule has 224 valence electrons. The Morgan fingerprint density at radius 2 is 1.93 bits per heavy atom. The summed E-state index contributed by atoms with van der Waals surface area (Å²) in [5.41, 5.74) is 1.29. The number of methoxy groups -OCH3 is 1. The van der Waals surface area contributed by atoms with E-state index in [9.17, 15) is 22.8 Å². The molecule has 3 N–H and O–H groups in total. The Labute approximate surface area is 246 Å². The number of hydrogen-bond donors (Lipinski definition) is 3.